The molecule has 1 aliphatic rings. The molecule has 12 heteroatoms. The number of rotatable bonds is 6. The zero-order chi connectivity index (χ0) is 29.3. The van der Waals surface area contributed by atoms with Crippen LogP contribution in [0.15, 0.2) is 69.9 Å². The summed E-state index contributed by atoms with van der Waals surface area (Å²) >= 11 is 0. The highest BCUT2D eigenvalue weighted by molar-refractivity contribution is 5.89. The first-order chi connectivity index (χ1) is 19.5. The molecule has 1 N–H and O–H groups in total. The van der Waals surface area contributed by atoms with E-state index in [1.807, 2.05) is 9.80 Å². The lowest BCUT2D eigenvalue weighted by atomic mass is 10.1. The largest absolute Gasteiger partial charge is 0.507 e. The van der Waals surface area contributed by atoms with Crippen LogP contribution < -0.4 is 15.1 Å². The number of alkyl halides is 3. The van der Waals surface area contributed by atoms with Crippen molar-refractivity contribution in [1.29, 1.82) is 0 Å². The van der Waals surface area contributed by atoms with Crippen molar-refractivity contribution >= 4 is 22.6 Å². The van der Waals surface area contributed by atoms with Gasteiger partial charge in [0.2, 0.25) is 11.2 Å². The van der Waals surface area contributed by atoms with Gasteiger partial charge in [0.1, 0.15) is 22.9 Å². The van der Waals surface area contributed by atoms with E-state index >= 15 is 0 Å². The predicted octanol–water partition coefficient (Wildman–Crippen LogP) is 5.56. The SMILES string of the molecule is COC(=O)c1ccc(Oc2c(C(F)(F)F)oc3c(CN4CCN(c5ccc(F)cc5)CC4)c(O)ccc3c2=O)cc1. The Morgan fingerprint density at radius 3 is 2.24 bits per heavy atom. The van der Waals surface area contributed by atoms with E-state index in [9.17, 15) is 32.3 Å². The molecule has 41 heavy (non-hydrogen) atoms. The summed E-state index contributed by atoms with van der Waals surface area (Å²) in [5, 5.41) is 10.4. The van der Waals surface area contributed by atoms with Gasteiger partial charge in [0.25, 0.3) is 5.76 Å². The quantitative estimate of drug-likeness (QED) is 0.237. The van der Waals surface area contributed by atoms with E-state index in [1.54, 1.807) is 12.1 Å². The predicted molar refractivity (Wildman–Crippen MR) is 141 cm³/mol. The van der Waals surface area contributed by atoms with Crippen molar-refractivity contribution in [3.8, 4) is 17.2 Å². The number of aromatic hydroxyl groups is 1. The third-order valence-electron chi connectivity index (χ3n) is 6.80. The second kappa shape index (κ2) is 11.1. The minimum Gasteiger partial charge on any atom is -0.507 e. The van der Waals surface area contributed by atoms with Crippen molar-refractivity contribution in [2.75, 3.05) is 38.2 Å². The molecular formula is C29H24F4N2O6. The number of halogens is 4. The topological polar surface area (TPSA) is 92.5 Å². The van der Waals surface area contributed by atoms with Gasteiger partial charge in [0, 0.05) is 38.4 Å². The minimum atomic E-state index is -5.10. The number of hydrogen-bond donors (Lipinski definition) is 1. The minimum absolute atomic E-state index is 0.0237. The van der Waals surface area contributed by atoms with E-state index < -0.39 is 34.7 Å². The van der Waals surface area contributed by atoms with Crippen LogP contribution in [0, 0.1) is 5.82 Å². The first-order valence-corrected chi connectivity index (χ1v) is 12.5. The maximum absolute atomic E-state index is 14.1. The summed E-state index contributed by atoms with van der Waals surface area (Å²) in [5.74, 6) is -4.17. The van der Waals surface area contributed by atoms with Crippen LogP contribution in [0.2, 0.25) is 0 Å². The number of methoxy groups -OCH3 is 1. The molecule has 5 rings (SSSR count). The number of fused-ring (bicyclic) bond motifs is 1. The number of carbonyl (C=O) groups is 1. The smallest absolute Gasteiger partial charge is 0.453 e. The average Bonchev–Trinajstić information content (AvgIpc) is 2.96. The molecule has 8 nitrogen and oxygen atoms in total. The Morgan fingerprint density at radius 2 is 1.63 bits per heavy atom. The van der Waals surface area contributed by atoms with Gasteiger partial charge in [-0.2, -0.15) is 13.2 Å². The number of hydrogen-bond acceptors (Lipinski definition) is 8. The van der Waals surface area contributed by atoms with Gasteiger partial charge in [0.05, 0.1) is 23.6 Å². The molecule has 0 atom stereocenters. The normalized spacial score (nSPS) is 14.3. The molecule has 0 amide bonds. The van der Waals surface area contributed by atoms with Gasteiger partial charge >= 0.3 is 12.1 Å². The van der Waals surface area contributed by atoms with E-state index in [2.05, 4.69) is 4.74 Å². The van der Waals surface area contributed by atoms with Gasteiger partial charge in [-0.25, -0.2) is 9.18 Å². The highest BCUT2D eigenvalue weighted by atomic mass is 19.4. The molecule has 4 aromatic rings. The summed E-state index contributed by atoms with van der Waals surface area (Å²) in [6.45, 7) is 2.12. The van der Waals surface area contributed by atoms with Gasteiger partial charge in [0.15, 0.2) is 0 Å². The summed E-state index contributed by atoms with van der Waals surface area (Å²) in [7, 11) is 1.18. The number of carbonyl (C=O) groups excluding carboxylic acids is 1. The molecule has 214 valence electrons. The first-order valence-electron chi connectivity index (χ1n) is 12.5. The highest BCUT2D eigenvalue weighted by Crippen LogP contribution is 2.40. The average molecular weight is 573 g/mol. The molecule has 1 aliphatic heterocycles. The molecule has 0 saturated carbocycles. The molecule has 0 unspecified atom stereocenters. The van der Waals surface area contributed by atoms with Gasteiger partial charge in [-0.05, 0) is 60.7 Å². The van der Waals surface area contributed by atoms with Crippen molar-refractivity contribution in [3.63, 3.8) is 0 Å². The Labute approximate surface area is 230 Å². The lowest BCUT2D eigenvalue weighted by Crippen LogP contribution is -2.46. The molecule has 0 bridgehead atoms. The molecule has 3 aromatic carbocycles. The van der Waals surface area contributed by atoms with E-state index in [0.29, 0.717) is 26.2 Å². The molecule has 1 aromatic heterocycles. The monoisotopic (exact) mass is 572 g/mol. The van der Waals surface area contributed by atoms with Crippen molar-refractivity contribution in [2.45, 2.75) is 12.7 Å². The molecule has 2 heterocycles. The van der Waals surface area contributed by atoms with Crippen LogP contribution in [0.1, 0.15) is 21.7 Å². The third-order valence-corrected chi connectivity index (χ3v) is 6.80. The van der Waals surface area contributed by atoms with E-state index in [1.165, 1.54) is 55.6 Å². The van der Waals surface area contributed by atoms with Crippen molar-refractivity contribution in [2.24, 2.45) is 0 Å². The number of anilines is 1. The maximum Gasteiger partial charge on any atom is 0.453 e. The van der Waals surface area contributed by atoms with E-state index in [4.69, 9.17) is 9.15 Å². The Balaban J connectivity index is 1.45. The van der Waals surface area contributed by atoms with Crippen LogP contribution in [-0.4, -0.2) is 49.3 Å². The molecule has 0 radical (unpaired) electrons. The van der Waals surface area contributed by atoms with Crippen LogP contribution in [0.3, 0.4) is 0 Å². The second-order valence-electron chi connectivity index (χ2n) is 9.38. The molecule has 1 saturated heterocycles. The number of esters is 1. The Hall–Kier alpha value is -4.58. The summed E-state index contributed by atoms with van der Waals surface area (Å²) < 4.78 is 70.9. The van der Waals surface area contributed by atoms with Gasteiger partial charge < -0.3 is 23.9 Å². The van der Waals surface area contributed by atoms with Gasteiger partial charge in [-0.15, -0.1) is 0 Å². The molecular weight excluding hydrogens is 548 g/mol. The fourth-order valence-corrected chi connectivity index (χ4v) is 4.65. The summed E-state index contributed by atoms with van der Waals surface area (Å²) in [5.41, 5.74) is -0.448. The number of phenols is 1. The van der Waals surface area contributed by atoms with E-state index in [0.717, 1.165) is 5.69 Å². The molecule has 0 aliphatic carbocycles. The number of phenolic OH excluding ortho intramolecular Hbond substituents is 1. The molecule has 0 spiro atoms. The van der Waals surface area contributed by atoms with Gasteiger partial charge in [-0.1, -0.05) is 0 Å². The van der Waals surface area contributed by atoms with Crippen LogP contribution in [0.25, 0.3) is 11.0 Å². The zero-order valence-corrected chi connectivity index (χ0v) is 21.7. The summed E-state index contributed by atoms with van der Waals surface area (Å²) in [4.78, 5) is 28.9. The highest BCUT2D eigenvalue weighted by Gasteiger charge is 2.41. The van der Waals surface area contributed by atoms with Crippen LogP contribution >= 0.6 is 0 Å². The van der Waals surface area contributed by atoms with E-state index in [-0.39, 0.29) is 40.4 Å². The van der Waals surface area contributed by atoms with Gasteiger partial charge in [-0.3, -0.25) is 9.69 Å². The fourth-order valence-electron chi connectivity index (χ4n) is 4.65. The number of piperazine rings is 1. The summed E-state index contributed by atoms with van der Waals surface area (Å²) in [6.07, 6.45) is -5.10. The van der Waals surface area contributed by atoms with Crippen molar-refractivity contribution in [1.82, 2.24) is 4.90 Å². The van der Waals surface area contributed by atoms with Crippen molar-refractivity contribution in [3.05, 3.63) is 93.6 Å². The van der Waals surface area contributed by atoms with Crippen LogP contribution in [0.4, 0.5) is 23.2 Å². The fraction of sp³-hybridized carbons (Fsp3) is 0.241. The number of benzene rings is 3. The summed E-state index contributed by atoms with van der Waals surface area (Å²) in [6, 6.07) is 13.5. The third kappa shape index (κ3) is 5.82. The lowest BCUT2D eigenvalue weighted by molar-refractivity contribution is -0.154. The Morgan fingerprint density at radius 1 is 0.976 bits per heavy atom. The number of ether oxygens (including phenoxy) is 2. The number of nitrogens with zero attached hydrogens (tertiary/aromatic N) is 2. The molecule has 1 fully saturated rings. The van der Waals surface area contributed by atoms with Crippen LogP contribution in [0.5, 0.6) is 17.2 Å². The van der Waals surface area contributed by atoms with Crippen LogP contribution in [-0.2, 0) is 17.5 Å². The first kappa shape index (κ1) is 28.0. The maximum atomic E-state index is 14.1. The van der Waals surface area contributed by atoms with Crippen molar-refractivity contribution < 1.29 is 41.4 Å². The Bertz CT molecular complexity index is 1630. The lowest BCUT2D eigenvalue weighted by Gasteiger charge is -2.36. The standard InChI is InChI=1S/C29H24F4N2O6/c1-39-28(38)17-2-8-20(9-3-17)40-26-24(37)21-10-11-23(36)22(25(21)41-27(26)29(31,32)33)16-34-12-14-35(15-13-34)19-6-4-18(30)5-7-19/h2-11,36H,12-16H2,1H3. The second-order valence-corrected chi connectivity index (χ2v) is 9.38. The zero-order valence-electron chi connectivity index (χ0n) is 21.7. The Kier molecular flexibility index (Phi) is 7.59.